The zero-order valence-corrected chi connectivity index (χ0v) is 18.3. The molecule has 1 unspecified atom stereocenters. The van der Waals surface area contributed by atoms with Gasteiger partial charge in [0.15, 0.2) is 0 Å². The number of carbonyl (C=O) groups excluding carboxylic acids is 1. The fourth-order valence-corrected chi connectivity index (χ4v) is 4.36. The first-order valence-electron chi connectivity index (χ1n) is 8.90. The first-order valence-corrected chi connectivity index (χ1v) is 10.8. The van der Waals surface area contributed by atoms with Crippen molar-refractivity contribution < 1.29 is 26.4 Å². The highest BCUT2D eigenvalue weighted by Gasteiger charge is 2.34. The molecule has 0 saturated heterocycles. The third-order valence-corrected chi connectivity index (χ3v) is 6.36. The molecule has 0 aliphatic heterocycles. The summed E-state index contributed by atoms with van der Waals surface area (Å²) in [5, 5.41) is 6.44. The van der Waals surface area contributed by atoms with Crippen LogP contribution in [0.1, 0.15) is 41.9 Å². The van der Waals surface area contributed by atoms with Crippen molar-refractivity contribution in [3.63, 3.8) is 0 Å². The fraction of sp³-hybridized carbons (Fsp3) is 0.444. The van der Waals surface area contributed by atoms with Gasteiger partial charge in [0.25, 0.3) is 0 Å². The Bertz CT molecular complexity index is 1050. The van der Waals surface area contributed by atoms with Crippen molar-refractivity contribution in [2.24, 2.45) is 7.05 Å². The zero-order valence-electron chi connectivity index (χ0n) is 16.8. The second-order valence-corrected chi connectivity index (χ2v) is 8.96. The molecule has 1 aromatic heterocycles. The quantitative estimate of drug-likeness (QED) is 0.655. The Balaban J connectivity index is 1.99. The van der Waals surface area contributed by atoms with Gasteiger partial charge in [0.05, 0.1) is 27.2 Å². The average Bonchev–Trinajstić information content (AvgIpc) is 2.85. The van der Waals surface area contributed by atoms with Crippen molar-refractivity contribution in [1.29, 1.82) is 0 Å². The Kier molecular flexibility index (Phi) is 7.20. The molecule has 0 saturated carbocycles. The molecule has 1 aromatic carbocycles. The highest BCUT2D eigenvalue weighted by Crippen LogP contribution is 2.35. The number of aryl methyl sites for hydroxylation is 2. The average molecular weight is 467 g/mol. The molecule has 12 heteroatoms. The summed E-state index contributed by atoms with van der Waals surface area (Å²) in [5.41, 5.74) is 1.28. The third kappa shape index (κ3) is 5.52. The second kappa shape index (κ2) is 8.94. The largest absolute Gasteiger partial charge is 0.417 e. The van der Waals surface area contributed by atoms with E-state index in [0.29, 0.717) is 6.07 Å². The van der Waals surface area contributed by atoms with Crippen molar-refractivity contribution >= 4 is 27.5 Å². The minimum atomic E-state index is -4.79. The number of amides is 1. The van der Waals surface area contributed by atoms with E-state index in [1.807, 2.05) is 13.8 Å². The van der Waals surface area contributed by atoms with Crippen LogP contribution in [-0.2, 0) is 28.0 Å². The maximum Gasteiger partial charge on any atom is 0.417 e. The number of carbonyl (C=O) groups is 1. The molecule has 1 atom stereocenters. The van der Waals surface area contributed by atoms with Gasteiger partial charge in [-0.15, -0.1) is 0 Å². The SMILES string of the molecule is Cc1nn(C)c(C)c1C(C)NC(=O)CCNS(=O)(=O)c1ccc(Cl)c(C(F)(F)F)c1. The first-order chi connectivity index (χ1) is 13.7. The van der Waals surface area contributed by atoms with Crippen LogP contribution in [0.25, 0.3) is 0 Å². The molecule has 2 aromatic rings. The minimum absolute atomic E-state index is 0.193. The molecule has 0 radical (unpaired) electrons. The summed E-state index contributed by atoms with van der Waals surface area (Å²) >= 11 is 5.51. The van der Waals surface area contributed by atoms with Gasteiger partial charge in [-0.3, -0.25) is 9.48 Å². The van der Waals surface area contributed by atoms with Gasteiger partial charge < -0.3 is 5.32 Å². The smallest absolute Gasteiger partial charge is 0.349 e. The van der Waals surface area contributed by atoms with E-state index in [9.17, 15) is 26.4 Å². The van der Waals surface area contributed by atoms with Crippen LogP contribution in [0.2, 0.25) is 5.02 Å². The summed E-state index contributed by atoms with van der Waals surface area (Å²) in [5.74, 6) is -0.417. The third-order valence-electron chi connectivity index (χ3n) is 4.57. The summed E-state index contributed by atoms with van der Waals surface area (Å²) < 4.78 is 67.2. The van der Waals surface area contributed by atoms with E-state index in [4.69, 9.17) is 11.6 Å². The van der Waals surface area contributed by atoms with Crippen LogP contribution in [0.15, 0.2) is 23.1 Å². The number of sulfonamides is 1. The lowest BCUT2D eigenvalue weighted by Gasteiger charge is -2.15. The molecular formula is C18H22ClF3N4O3S. The maximum atomic E-state index is 12.9. The molecule has 0 bridgehead atoms. The number of halogens is 4. The van der Waals surface area contributed by atoms with Gasteiger partial charge in [-0.25, -0.2) is 13.1 Å². The number of benzene rings is 1. The molecule has 2 rings (SSSR count). The monoisotopic (exact) mass is 466 g/mol. The van der Waals surface area contributed by atoms with Crippen LogP contribution < -0.4 is 10.0 Å². The van der Waals surface area contributed by atoms with Gasteiger partial charge in [-0.2, -0.15) is 18.3 Å². The number of alkyl halides is 3. The predicted octanol–water partition coefficient (Wildman–Crippen LogP) is 3.25. The van der Waals surface area contributed by atoms with Gasteiger partial charge in [0.1, 0.15) is 0 Å². The van der Waals surface area contributed by atoms with Crippen LogP contribution in [0, 0.1) is 13.8 Å². The maximum absolute atomic E-state index is 12.9. The molecule has 1 heterocycles. The molecule has 1 amide bonds. The molecule has 166 valence electrons. The Labute approximate surface area is 177 Å². The molecule has 0 aliphatic carbocycles. The van der Waals surface area contributed by atoms with Crippen molar-refractivity contribution in [2.75, 3.05) is 6.54 Å². The van der Waals surface area contributed by atoms with Gasteiger partial charge in [-0.05, 0) is 39.0 Å². The molecule has 30 heavy (non-hydrogen) atoms. The van der Waals surface area contributed by atoms with Crippen LogP contribution in [0.5, 0.6) is 0 Å². The van der Waals surface area contributed by atoms with Crippen LogP contribution in [0.4, 0.5) is 13.2 Å². The van der Waals surface area contributed by atoms with Crippen molar-refractivity contribution in [2.45, 2.75) is 44.3 Å². The summed E-state index contributed by atoms with van der Waals surface area (Å²) in [6.07, 6.45) is -4.98. The van der Waals surface area contributed by atoms with Crippen LogP contribution in [0.3, 0.4) is 0 Å². The molecular weight excluding hydrogens is 445 g/mol. The van der Waals surface area contributed by atoms with E-state index in [-0.39, 0.29) is 19.0 Å². The molecule has 0 aliphatic rings. The molecule has 7 nitrogen and oxygen atoms in total. The van der Waals surface area contributed by atoms with Crippen molar-refractivity contribution in [1.82, 2.24) is 19.8 Å². The number of rotatable bonds is 7. The lowest BCUT2D eigenvalue weighted by molar-refractivity contribution is -0.137. The summed E-state index contributed by atoms with van der Waals surface area (Å²) in [7, 11) is -2.46. The summed E-state index contributed by atoms with van der Waals surface area (Å²) in [6, 6.07) is 1.95. The molecule has 0 fully saturated rings. The Morgan fingerprint density at radius 3 is 2.47 bits per heavy atom. The lowest BCUT2D eigenvalue weighted by Crippen LogP contribution is -2.32. The Hall–Kier alpha value is -2.11. The van der Waals surface area contributed by atoms with E-state index < -0.39 is 37.6 Å². The number of hydrogen-bond donors (Lipinski definition) is 2. The highest BCUT2D eigenvalue weighted by atomic mass is 35.5. The normalized spacial score (nSPS) is 13.3. The van der Waals surface area contributed by atoms with Crippen LogP contribution in [-0.4, -0.2) is 30.7 Å². The number of hydrogen-bond acceptors (Lipinski definition) is 4. The van der Waals surface area contributed by atoms with E-state index in [1.54, 1.807) is 18.7 Å². The van der Waals surface area contributed by atoms with E-state index in [0.717, 1.165) is 29.1 Å². The zero-order chi connectivity index (χ0) is 22.9. The van der Waals surface area contributed by atoms with Crippen LogP contribution >= 0.6 is 11.6 Å². The number of aromatic nitrogens is 2. The fourth-order valence-electron chi connectivity index (χ4n) is 3.07. The minimum Gasteiger partial charge on any atom is -0.349 e. The lowest BCUT2D eigenvalue weighted by atomic mass is 10.1. The highest BCUT2D eigenvalue weighted by molar-refractivity contribution is 7.89. The Morgan fingerprint density at radius 1 is 1.30 bits per heavy atom. The molecule has 2 N–H and O–H groups in total. The van der Waals surface area contributed by atoms with Gasteiger partial charge in [0, 0.05) is 31.3 Å². The van der Waals surface area contributed by atoms with E-state index >= 15 is 0 Å². The summed E-state index contributed by atoms with van der Waals surface area (Å²) in [6.45, 7) is 5.19. The van der Waals surface area contributed by atoms with E-state index in [1.165, 1.54) is 0 Å². The first kappa shape index (κ1) is 24.2. The topological polar surface area (TPSA) is 93.1 Å². The second-order valence-electron chi connectivity index (χ2n) is 6.78. The predicted molar refractivity (Wildman–Crippen MR) is 105 cm³/mol. The molecule has 0 spiro atoms. The number of nitrogens with zero attached hydrogens (tertiary/aromatic N) is 2. The number of nitrogens with one attached hydrogen (secondary N) is 2. The Morgan fingerprint density at radius 2 is 1.93 bits per heavy atom. The van der Waals surface area contributed by atoms with Gasteiger partial charge in [0.2, 0.25) is 15.9 Å². The van der Waals surface area contributed by atoms with E-state index in [2.05, 4.69) is 15.1 Å². The van der Waals surface area contributed by atoms with Gasteiger partial charge in [-0.1, -0.05) is 11.6 Å². The summed E-state index contributed by atoms with van der Waals surface area (Å²) in [4.78, 5) is 11.6. The van der Waals surface area contributed by atoms with Crippen molar-refractivity contribution in [3.05, 3.63) is 45.7 Å². The van der Waals surface area contributed by atoms with Crippen molar-refractivity contribution in [3.8, 4) is 0 Å². The standard InChI is InChI=1S/C18H22ClF3N4O3S/c1-10(17-11(2)25-26(4)12(17)3)24-16(27)7-8-23-30(28,29)13-5-6-15(19)14(9-13)18(20,21)22/h5-6,9-10,23H,7-8H2,1-4H3,(H,24,27). The van der Waals surface area contributed by atoms with Gasteiger partial charge >= 0.3 is 6.18 Å².